The van der Waals surface area contributed by atoms with Crippen LogP contribution in [-0.4, -0.2) is 35.5 Å². The summed E-state index contributed by atoms with van der Waals surface area (Å²) in [4.78, 5) is 41.6. The molecule has 0 radical (unpaired) electrons. The molecule has 4 nitrogen and oxygen atoms in total. The van der Waals surface area contributed by atoms with Crippen molar-refractivity contribution in [3.05, 3.63) is 70.2 Å². The molecule has 5 heteroatoms. The number of Topliss-reactive ketones (excluding diaryl/α,β-unsaturated/α-hetero) is 2. The lowest BCUT2D eigenvalue weighted by molar-refractivity contribution is -0.132. The summed E-state index contributed by atoms with van der Waals surface area (Å²) in [6.45, 7) is 1.37. The van der Waals surface area contributed by atoms with E-state index in [-0.39, 0.29) is 23.9 Å². The van der Waals surface area contributed by atoms with Gasteiger partial charge >= 0.3 is 0 Å². The van der Waals surface area contributed by atoms with Crippen LogP contribution in [0.2, 0.25) is 5.02 Å². The fourth-order valence-corrected chi connectivity index (χ4v) is 4.31. The maximum Gasteiger partial charge on any atom is 0.224 e. The second-order valence-corrected chi connectivity index (χ2v) is 7.67. The summed E-state index contributed by atoms with van der Waals surface area (Å²) < 4.78 is 0. The van der Waals surface area contributed by atoms with Crippen LogP contribution >= 0.6 is 11.6 Å². The molecular formula is C22H20ClNO3. The number of rotatable bonds is 3. The van der Waals surface area contributed by atoms with Crippen molar-refractivity contribution in [1.29, 1.82) is 0 Å². The van der Waals surface area contributed by atoms with Crippen LogP contribution in [-0.2, 0) is 10.2 Å². The van der Waals surface area contributed by atoms with Gasteiger partial charge < -0.3 is 4.90 Å². The Morgan fingerprint density at radius 3 is 2.00 bits per heavy atom. The number of likely N-dealkylation sites (tertiary alicyclic amines) is 1. The number of benzene rings is 2. The van der Waals surface area contributed by atoms with Gasteiger partial charge in [-0.1, -0.05) is 48.0 Å². The maximum absolute atomic E-state index is 13.4. The highest BCUT2D eigenvalue weighted by molar-refractivity contribution is 6.34. The van der Waals surface area contributed by atoms with E-state index in [0.717, 1.165) is 19.3 Å². The van der Waals surface area contributed by atoms with Crippen molar-refractivity contribution < 1.29 is 14.4 Å². The van der Waals surface area contributed by atoms with E-state index in [1.165, 1.54) is 0 Å². The monoisotopic (exact) mass is 381 g/mol. The average molecular weight is 382 g/mol. The fraction of sp³-hybridized carbons (Fsp3) is 0.318. The Kier molecular flexibility index (Phi) is 4.60. The summed E-state index contributed by atoms with van der Waals surface area (Å²) in [7, 11) is 0. The third-order valence-electron chi connectivity index (χ3n) is 5.65. The van der Waals surface area contributed by atoms with Gasteiger partial charge in [0.25, 0.3) is 0 Å². The minimum Gasteiger partial charge on any atom is -0.343 e. The van der Waals surface area contributed by atoms with Gasteiger partial charge in [0.1, 0.15) is 5.41 Å². The Morgan fingerprint density at radius 1 is 0.889 bits per heavy atom. The second-order valence-electron chi connectivity index (χ2n) is 7.23. The van der Waals surface area contributed by atoms with Gasteiger partial charge in [-0.2, -0.15) is 0 Å². The van der Waals surface area contributed by atoms with E-state index in [1.54, 1.807) is 53.4 Å². The number of hydrogen-bond acceptors (Lipinski definition) is 3. The Labute approximate surface area is 163 Å². The predicted octanol–water partition coefficient (Wildman–Crippen LogP) is 4.06. The van der Waals surface area contributed by atoms with Crippen LogP contribution in [0.5, 0.6) is 0 Å². The molecule has 2 aliphatic rings. The summed E-state index contributed by atoms with van der Waals surface area (Å²) in [6, 6.07) is 13.5. The van der Waals surface area contributed by atoms with Crippen molar-refractivity contribution in [2.45, 2.75) is 31.1 Å². The number of piperidine rings is 1. The standard InChI is InChI=1S/C22H20ClNO3/c23-16-10-8-15(9-11-16)22(14-19(25)24-12-4-1-5-13-24)20(26)17-6-2-3-7-18(17)21(22)27/h2-3,6-11H,1,4-5,12-14H2. The summed E-state index contributed by atoms with van der Waals surface area (Å²) in [5.41, 5.74) is -0.181. The van der Waals surface area contributed by atoms with Crippen LogP contribution in [0.3, 0.4) is 0 Å². The quantitative estimate of drug-likeness (QED) is 0.753. The maximum atomic E-state index is 13.4. The predicted molar refractivity (Wildman–Crippen MR) is 103 cm³/mol. The van der Waals surface area contributed by atoms with Crippen molar-refractivity contribution >= 4 is 29.1 Å². The molecule has 2 aromatic carbocycles. The van der Waals surface area contributed by atoms with Gasteiger partial charge in [-0.05, 0) is 37.0 Å². The topological polar surface area (TPSA) is 54.5 Å². The van der Waals surface area contributed by atoms with E-state index in [4.69, 9.17) is 11.6 Å². The zero-order valence-corrected chi connectivity index (χ0v) is 15.7. The Balaban J connectivity index is 1.79. The number of carbonyl (C=O) groups is 3. The molecule has 0 N–H and O–H groups in total. The van der Waals surface area contributed by atoms with Gasteiger partial charge in [0.05, 0.1) is 6.42 Å². The summed E-state index contributed by atoms with van der Waals surface area (Å²) >= 11 is 6.01. The van der Waals surface area contributed by atoms with Gasteiger partial charge in [-0.25, -0.2) is 0 Å². The van der Waals surface area contributed by atoms with Crippen molar-refractivity contribution in [3.8, 4) is 0 Å². The molecule has 138 valence electrons. The van der Waals surface area contributed by atoms with E-state index in [2.05, 4.69) is 0 Å². The number of nitrogens with zero attached hydrogens (tertiary/aromatic N) is 1. The first-order valence-corrected chi connectivity index (χ1v) is 9.64. The van der Waals surface area contributed by atoms with Crippen LogP contribution in [0.15, 0.2) is 48.5 Å². The van der Waals surface area contributed by atoms with Crippen LogP contribution in [0.1, 0.15) is 52.0 Å². The normalized spacial score (nSPS) is 18.5. The minimum atomic E-state index is -1.50. The molecule has 0 aromatic heterocycles. The highest BCUT2D eigenvalue weighted by Gasteiger charge is 2.55. The Hall–Kier alpha value is -2.46. The van der Waals surface area contributed by atoms with Crippen LogP contribution in [0.4, 0.5) is 0 Å². The molecule has 0 bridgehead atoms. The molecule has 1 heterocycles. The van der Waals surface area contributed by atoms with E-state index in [9.17, 15) is 14.4 Å². The summed E-state index contributed by atoms with van der Waals surface area (Å²) in [5, 5.41) is 0.520. The molecule has 0 atom stereocenters. The lowest BCUT2D eigenvalue weighted by Crippen LogP contribution is -2.45. The van der Waals surface area contributed by atoms with Crippen molar-refractivity contribution in [1.82, 2.24) is 4.90 Å². The number of ketones is 2. The molecular weight excluding hydrogens is 362 g/mol. The van der Waals surface area contributed by atoms with E-state index in [0.29, 0.717) is 34.8 Å². The first-order valence-electron chi connectivity index (χ1n) is 9.26. The van der Waals surface area contributed by atoms with Gasteiger partial charge in [0.15, 0.2) is 11.6 Å². The van der Waals surface area contributed by atoms with Gasteiger partial charge in [-0.15, -0.1) is 0 Å². The molecule has 4 rings (SSSR count). The molecule has 0 spiro atoms. The zero-order valence-electron chi connectivity index (χ0n) is 14.9. The largest absolute Gasteiger partial charge is 0.343 e. The van der Waals surface area contributed by atoms with E-state index < -0.39 is 5.41 Å². The van der Waals surface area contributed by atoms with E-state index >= 15 is 0 Å². The fourth-order valence-electron chi connectivity index (χ4n) is 4.18. The van der Waals surface area contributed by atoms with Gasteiger partial charge in [-0.3, -0.25) is 14.4 Å². The number of fused-ring (bicyclic) bond motifs is 1. The number of hydrogen-bond donors (Lipinski definition) is 0. The van der Waals surface area contributed by atoms with Crippen LogP contribution < -0.4 is 0 Å². The van der Waals surface area contributed by atoms with E-state index in [1.807, 2.05) is 0 Å². The van der Waals surface area contributed by atoms with Crippen molar-refractivity contribution in [2.75, 3.05) is 13.1 Å². The molecule has 1 aliphatic heterocycles. The highest BCUT2D eigenvalue weighted by Crippen LogP contribution is 2.43. The van der Waals surface area contributed by atoms with Gasteiger partial charge in [0.2, 0.25) is 5.91 Å². The molecule has 0 unspecified atom stereocenters. The SMILES string of the molecule is O=C(CC1(c2ccc(Cl)cc2)C(=O)c2ccccc2C1=O)N1CCCCC1. The molecule has 0 saturated carbocycles. The lowest BCUT2D eigenvalue weighted by atomic mass is 9.73. The summed E-state index contributed by atoms with van der Waals surface area (Å²) in [5.74, 6) is -0.731. The van der Waals surface area contributed by atoms with Crippen LogP contribution in [0.25, 0.3) is 0 Å². The smallest absolute Gasteiger partial charge is 0.224 e. The first-order chi connectivity index (χ1) is 13.0. The molecule has 1 amide bonds. The third-order valence-corrected chi connectivity index (χ3v) is 5.91. The number of halogens is 1. The van der Waals surface area contributed by atoms with Gasteiger partial charge in [0, 0.05) is 29.2 Å². The number of amides is 1. The van der Waals surface area contributed by atoms with Crippen LogP contribution in [0, 0.1) is 0 Å². The Bertz CT molecular complexity index is 878. The molecule has 1 aliphatic carbocycles. The minimum absolute atomic E-state index is 0.138. The molecule has 1 fully saturated rings. The number of carbonyl (C=O) groups excluding carboxylic acids is 3. The third kappa shape index (κ3) is 2.88. The highest BCUT2D eigenvalue weighted by atomic mass is 35.5. The molecule has 1 saturated heterocycles. The first kappa shape index (κ1) is 17.9. The molecule has 27 heavy (non-hydrogen) atoms. The Morgan fingerprint density at radius 2 is 1.44 bits per heavy atom. The lowest BCUT2D eigenvalue weighted by Gasteiger charge is -2.32. The molecule has 2 aromatic rings. The van der Waals surface area contributed by atoms with Crippen molar-refractivity contribution in [3.63, 3.8) is 0 Å². The second kappa shape index (κ2) is 6.93. The zero-order chi connectivity index (χ0) is 19.0. The summed E-state index contributed by atoms with van der Waals surface area (Å²) in [6.07, 6.45) is 2.89. The average Bonchev–Trinajstić information content (AvgIpc) is 2.92. The van der Waals surface area contributed by atoms with Crippen molar-refractivity contribution in [2.24, 2.45) is 0 Å².